The molecule has 1 aliphatic carbocycles. The van der Waals surface area contributed by atoms with Crippen LogP contribution in [0.1, 0.15) is 40.2 Å². The summed E-state index contributed by atoms with van der Waals surface area (Å²) in [6.45, 7) is 13.9. The van der Waals surface area contributed by atoms with E-state index in [0.29, 0.717) is 17.4 Å². The summed E-state index contributed by atoms with van der Waals surface area (Å²) in [5.74, 6) is 2.40. The van der Waals surface area contributed by atoms with E-state index in [0.717, 1.165) is 36.1 Å². The summed E-state index contributed by atoms with van der Waals surface area (Å²) in [4.78, 5) is 0. The predicted octanol–water partition coefficient (Wildman–Crippen LogP) is 3.87. The quantitative estimate of drug-likeness (QED) is 0.827. The van der Waals surface area contributed by atoms with Crippen LogP contribution in [0, 0.1) is 16.7 Å². The zero-order valence-electron chi connectivity index (χ0n) is 14.2. The third-order valence-corrected chi connectivity index (χ3v) is 5.55. The van der Waals surface area contributed by atoms with Crippen molar-refractivity contribution in [3.8, 4) is 11.5 Å². The Bertz CT molecular complexity index is 480. The first-order valence-corrected chi connectivity index (χ1v) is 7.85. The van der Waals surface area contributed by atoms with Crippen LogP contribution in [-0.2, 0) is 6.54 Å². The number of methoxy groups -OCH3 is 1. The van der Waals surface area contributed by atoms with Crippen LogP contribution < -0.4 is 14.8 Å². The minimum absolute atomic E-state index is 0.428. The van der Waals surface area contributed by atoms with Crippen LogP contribution in [0.5, 0.6) is 11.5 Å². The van der Waals surface area contributed by atoms with Gasteiger partial charge in [0.2, 0.25) is 0 Å². The molecular weight excluding hydrogens is 262 g/mol. The summed E-state index contributed by atoms with van der Waals surface area (Å²) in [6.07, 6.45) is 0. The average Bonchev–Trinajstić information content (AvgIpc) is 2.81. The van der Waals surface area contributed by atoms with Crippen molar-refractivity contribution < 1.29 is 9.47 Å². The Morgan fingerprint density at radius 1 is 1.14 bits per heavy atom. The Morgan fingerprint density at radius 3 is 2.33 bits per heavy atom. The smallest absolute Gasteiger partial charge is 0.165 e. The van der Waals surface area contributed by atoms with E-state index in [9.17, 15) is 0 Å². The van der Waals surface area contributed by atoms with Gasteiger partial charge in [-0.1, -0.05) is 39.8 Å². The number of benzene rings is 1. The Kier molecular flexibility index (Phi) is 4.52. The number of para-hydroxylation sites is 1. The number of rotatable bonds is 7. The lowest BCUT2D eigenvalue weighted by Crippen LogP contribution is -2.19. The Morgan fingerprint density at radius 2 is 1.81 bits per heavy atom. The fourth-order valence-electron chi connectivity index (χ4n) is 3.40. The molecule has 3 nitrogen and oxygen atoms in total. The van der Waals surface area contributed by atoms with E-state index < -0.39 is 0 Å². The first-order chi connectivity index (χ1) is 9.86. The van der Waals surface area contributed by atoms with Gasteiger partial charge in [0.1, 0.15) is 0 Å². The molecule has 1 aromatic rings. The molecule has 1 aromatic carbocycles. The van der Waals surface area contributed by atoms with Crippen LogP contribution in [0.15, 0.2) is 18.2 Å². The molecule has 0 spiro atoms. The van der Waals surface area contributed by atoms with Gasteiger partial charge in [-0.25, -0.2) is 0 Å². The van der Waals surface area contributed by atoms with Crippen molar-refractivity contribution in [1.29, 1.82) is 0 Å². The third-order valence-electron chi connectivity index (χ3n) is 5.55. The molecular formula is C18H29NO2. The van der Waals surface area contributed by atoms with Crippen molar-refractivity contribution >= 4 is 0 Å². The van der Waals surface area contributed by atoms with Gasteiger partial charge in [0.05, 0.1) is 13.7 Å². The predicted molar refractivity (Wildman–Crippen MR) is 86.9 cm³/mol. The first kappa shape index (κ1) is 16.2. The molecule has 0 bridgehead atoms. The lowest BCUT2D eigenvalue weighted by molar-refractivity contribution is 0.308. The topological polar surface area (TPSA) is 30.5 Å². The van der Waals surface area contributed by atoms with Crippen molar-refractivity contribution in [3.05, 3.63) is 23.8 Å². The highest BCUT2D eigenvalue weighted by Gasteiger charge is 2.63. The molecule has 1 saturated carbocycles. The van der Waals surface area contributed by atoms with Crippen LogP contribution in [0.3, 0.4) is 0 Å². The SMILES string of the molecule is CCOc1cccc(CNCC2C(C)(C)C2(C)C)c1OC. The zero-order valence-corrected chi connectivity index (χ0v) is 14.2. The summed E-state index contributed by atoms with van der Waals surface area (Å²) in [5, 5.41) is 3.58. The first-order valence-electron chi connectivity index (χ1n) is 7.85. The minimum atomic E-state index is 0.428. The summed E-state index contributed by atoms with van der Waals surface area (Å²) >= 11 is 0. The van der Waals surface area contributed by atoms with E-state index in [1.165, 1.54) is 0 Å². The maximum Gasteiger partial charge on any atom is 0.165 e. The molecule has 0 aromatic heterocycles. The van der Waals surface area contributed by atoms with E-state index in [1.807, 2.05) is 19.1 Å². The Hall–Kier alpha value is -1.22. The third kappa shape index (κ3) is 2.89. The molecule has 0 heterocycles. The van der Waals surface area contributed by atoms with E-state index in [4.69, 9.17) is 9.47 Å². The van der Waals surface area contributed by atoms with Gasteiger partial charge < -0.3 is 14.8 Å². The van der Waals surface area contributed by atoms with Crippen LogP contribution >= 0.6 is 0 Å². The Labute approximate surface area is 129 Å². The maximum atomic E-state index is 5.62. The second-order valence-electron chi connectivity index (χ2n) is 7.01. The van der Waals surface area contributed by atoms with E-state index in [-0.39, 0.29) is 0 Å². The maximum absolute atomic E-state index is 5.62. The van der Waals surface area contributed by atoms with E-state index in [1.54, 1.807) is 7.11 Å². The molecule has 118 valence electrons. The number of nitrogens with one attached hydrogen (secondary N) is 1. The van der Waals surface area contributed by atoms with Gasteiger partial charge in [-0.2, -0.15) is 0 Å². The highest BCUT2D eigenvalue weighted by Crippen LogP contribution is 2.67. The molecule has 0 unspecified atom stereocenters. The lowest BCUT2D eigenvalue weighted by Gasteiger charge is -2.14. The highest BCUT2D eigenvalue weighted by molar-refractivity contribution is 5.46. The highest BCUT2D eigenvalue weighted by atomic mass is 16.5. The van der Waals surface area contributed by atoms with Crippen molar-refractivity contribution in [3.63, 3.8) is 0 Å². The normalized spacial score (nSPS) is 19.3. The van der Waals surface area contributed by atoms with Gasteiger partial charge in [0.15, 0.2) is 11.5 Å². The number of hydrogen-bond acceptors (Lipinski definition) is 3. The van der Waals surface area contributed by atoms with Gasteiger partial charge in [0, 0.05) is 12.1 Å². The van der Waals surface area contributed by atoms with Gasteiger partial charge in [-0.15, -0.1) is 0 Å². The van der Waals surface area contributed by atoms with E-state index >= 15 is 0 Å². The molecule has 0 atom stereocenters. The molecule has 0 amide bonds. The van der Waals surface area contributed by atoms with Crippen LogP contribution in [0.4, 0.5) is 0 Å². The molecule has 0 aliphatic heterocycles. The largest absolute Gasteiger partial charge is 0.493 e. The summed E-state index contributed by atoms with van der Waals surface area (Å²) < 4.78 is 11.1. The zero-order chi connectivity index (χ0) is 15.7. The molecule has 3 heteroatoms. The van der Waals surface area contributed by atoms with Gasteiger partial charge >= 0.3 is 0 Å². The fraction of sp³-hybridized carbons (Fsp3) is 0.667. The van der Waals surface area contributed by atoms with Gasteiger partial charge in [0.25, 0.3) is 0 Å². The lowest BCUT2D eigenvalue weighted by atomic mass is 10.0. The standard InChI is InChI=1S/C18H29NO2/c1-7-21-14-10-8-9-13(16(14)20-6)11-19-12-15-17(2,3)18(15,4)5/h8-10,15,19H,7,11-12H2,1-6H3. The Balaban J connectivity index is 1.97. The molecule has 0 radical (unpaired) electrons. The average molecular weight is 291 g/mol. The fourth-order valence-corrected chi connectivity index (χ4v) is 3.40. The molecule has 1 fully saturated rings. The second-order valence-corrected chi connectivity index (χ2v) is 7.01. The van der Waals surface area contributed by atoms with Crippen molar-refractivity contribution in [2.24, 2.45) is 16.7 Å². The van der Waals surface area contributed by atoms with Gasteiger partial charge in [-0.05, 0) is 36.3 Å². The second kappa shape index (κ2) is 5.88. The number of hydrogen-bond donors (Lipinski definition) is 1. The van der Waals surface area contributed by atoms with Crippen LogP contribution in [0.2, 0.25) is 0 Å². The number of ether oxygens (including phenoxy) is 2. The summed E-state index contributed by atoms with van der Waals surface area (Å²) in [6, 6.07) is 6.08. The minimum Gasteiger partial charge on any atom is -0.493 e. The molecule has 1 N–H and O–H groups in total. The summed E-state index contributed by atoms with van der Waals surface area (Å²) in [5.41, 5.74) is 2.01. The van der Waals surface area contributed by atoms with Gasteiger partial charge in [-0.3, -0.25) is 0 Å². The summed E-state index contributed by atoms with van der Waals surface area (Å²) in [7, 11) is 1.70. The van der Waals surface area contributed by atoms with Crippen molar-refractivity contribution in [2.75, 3.05) is 20.3 Å². The molecule has 0 saturated heterocycles. The van der Waals surface area contributed by atoms with Crippen molar-refractivity contribution in [1.82, 2.24) is 5.32 Å². The molecule has 2 rings (SSSR count). The molecule has 21 heavy (non-hydrogen) atoms. The van der Waals surface area contributed by atoms with Crippen LogP contribution in [0.25, 0.3) is 0 Å². The molecule has 1 aliphatic rings. The van der Waals surface area contributed by atoms with E-state index in [2.05, 4.69) is 39.1 Å². The van der Waals surface area contributed by atoms with Crippen molar-refractivity contribution in [2.45, 2.75) is 41.2 Å². The van der Waals surface area contributed by atoms with Crippen LogP contribution in [-0.4, -0.2) is 20.3 Å². The monoisotopic (exact) mass is 291 g/mol.